The Labute approximate surface area is 116 Å². The third-order valence-corrected chi connectivity index (χ3v) is 3.27. The minimum Gasteiger partial charge on any atom is -0.474 e. The van der Waals surface area contributed by atoms with Crippen LogP contribution in [0.3, 0.4) is 0 Å². The van der Waals surface area contributed by atoms with Gasteiger partial charge in [-0.2, -0.15) is 18.2 Å². The highest BCUT2D eigenvalue weighted by Gasteiger charge is 2.32. The Morgan fingerprint density at radius 3 is 2.60 bits per heavy atom. The van der Waals surface area contributed by atoms with Gasteiger partial charge in [-0.05, 0) is 38.2 Å². The van der Waals surface area contributed by atoms with Gasteiger partial charge in [-0.15, -0.1) is 0 Å². The molecule has 0 atom stereocenters. The molecule has 1 N–H and O–H groups in total. The van der Waals surface area contributed by atoms with Crippen molar-refractivity contribution in [2.75, 3.05) is 11.9 Å². The summed E-state index contributed by atoms with van der Waals surface area (Å²) in [7, 11) is 0. The van der Waals surface area contributed by atoms with Crippen molar-refractivity contribution < 1.29 is 17.9 Å². The fourth-order valence-corrected chi connectivity index (χ4v) is 2.25. The van der Waals surface area contributed by atoms with Crippen LogP contribution in [0.4, 0.5) is 19.0 Å². The van der Waals surface area contributed by atoms with Gasteiger partial charge in [0.1, 0.15) is 11.9 Å². The van der Waals surface area contributed by atoms with Gasteiger partial charge in [0.2, 0.25) is 5.88 Å². The van der Waals surface area contributed by atoms with Crippen LogP contribution in [0, 0.1) is 0 Å². The molecule has 3 nitrogen and oxygen atoms in total. The Kier molecular flexibility index (Phi) is 4.73. The zero-order valence-corrected chi connectivity index (χ0v) is 11.5. The van der Waals surface area contributed by atoms with Crippen molar-refractivity contribution in [3.05, 3.63) is 17.7 Å². The maximum atomic E-state index is 12.9. The molecule has 1 saturated carbocycles. The highest BCUT2D eigenvalue weighted by atomic mass is 19.4. The molecule has 1 aromatic heterocycles. The zero-order chi connectivity index (χ0) is 14.6. The van der Waals surface area contributed by atoms with Gasteiger partial charge in [0.15, 0.2) is 0 Å². The maximum absolute atomic E-state index is 12.9. The van der Waals surface area contributed by atoms with Gasteiger partial charge in [0, 0.05) is 12.6 Å². The van der Waals surface area contributed by atoms with Crippen LogP contribution in [0.1, 0.15) is 44.6 Å². The second kappa shape index (κ2) is 6.33. The van der Waals surface area contributed by atoms with Gasteiger partial charge < -0.3 is 10.1 Å². The normalized spacial score (nSPS) is 16.4. The molecule has 1 aromatic rings. The molecule has 0 aromatic carbocycles. The van der Waals surface area contributed by atoms with Crippen LogP contribution in [0.5, 0.6) is 5.88 Å². The Morgan fingerprint density at radius 1 is 1.30 bits per heavy atom. The number of nitrogens with zero attached hydrogens (tertiary/aromatic N) is 1. The van der Waals surface area contributed by atoms with Crippen LogP contribution in [-0.4, -0.2) is 17.6 Å². The van der Waals surface area contributed by atoms with Gasteiger partial charge in [0.05, 0.1) is 5.56 Å². The highest BCUT2D eigenvalue weighted by Crippen LogP contribution is 2.33. The molecule has 0 aliphatic heterocycles. The van der Waals surface area contributed by atoms with Crippen molar-refractivity contribution in [2.24, 2.45) is 0 Å². The van der Waals surface area contributed by atoms with Crippen LogP contribution in [0.25, 0.3) is 0 Å². The second-order valence-electron chi connectivity index (χ2n) is 5.03. The molecule has 1 aliphatic rings. The average Bonchev–Trinajstić information content (AvgIpc) is 2.88. The Balaban J connectivity index is 2.19. The maximum Gasteiger partial charge on any atom is 0.416 e. The number of hydrogen-bond acceptors (Lipinski definition) is 3. The van der Waals surface area contributed by atoms with E-state index >= 15 is 0 Å². The van der Waals surface area contributed by atoms with Crippen molar-refractivity contribution in [2.45, 2.75) is 51.3 Å². The van der Waals surface area contributed by atoms with Crippen molar-refractivity contribution in [3.63, 3.8) is 0 Å². The fourth-order valence-electron chi connectivity index (χ4n) is 2.25. The number of pyridine rings is 1. The summed E-state index contributed by atoms with van der Waals surface area (Å²) in [5.41, 5.74) is -0.723. The molecular formula is C14H19F3N2O. The number of nitrogens with one attached hydrogen (secondary N) is 1. The van der Waals surface area contributed by atoms with E-state index in [1.54, 1.807) is 0 Å². The van der Waals surface area contributed by atoms with E-state index in [0.29, 0.717) is 6.54 Å². The van der Waals surface area contributed by atoms with E-state index in [0.717, 1.165) is 44.2 Å². The number of alkyl halides is 3. The van der Waals surface area contributed by atoms with Crippen LogP contribution >= 0.6 is 0 Å². The summed E-state index contributed by atoms with van der Waals surface area (Å²) in [5, 5.41) is 2.88. The summed E-state index contributed by atoms with van der Waals surface area (Å²) in [6.07, 6.45) is 0.307. The molecule has 0 radical (unpaired) electrons. The molecular weight excluding hydrogens is 269 g/mol. The lowest BCUT2D eigenvalue weighted by molar-refractivity contribution is -0.137. The number of aromatic nitrogens is 1. The van der Waals surface area contributed by atoms with Crippen LogP contribution in [0.15, 0.2) is 12.1 Å². The molecule has 1 aliphatic carbocycles. The molecule has 1 heterocycles. The van der Waals surface area contributed by atoms with Crippen molar-refractivity contribution in [3.8, 4) is 5.88 Å². The number of hydrogen-bond donors (Lipinski definition) is 1. The summed E-state index contributed by atoms with van der Waals surface area (Å²) < 4.78 is 44.2. The van der Waals surface area contributed by atoms with E-state index < -0.39 is 11.7 Å². The summed E-state index contributed by atoms with van der Waals surface area (Å²) >= 11 is 0. The number of ether oxygens (including phenoxy) is 1. The number of halogens is 3. The first-order valence-electron chi connectivity index (χ1n) is 6.99. The van der Waals surface area contributed by atoms with E-state index in [4.69, 9.17) is 4.74 Å². The van der Waals surface area contributed by atoms with Gasteiger partial charge >= 0.3 is 6.18 Å². The van der Waals surface area contributed by atoms with E-state index in [-0.39, 0.29) is 17.8 Å². The lowest BCUT2D eigenvalue weighted by atomic mass is 10.2. The average molecular weight is 288 g/mol. The first-order chi connectivity index (χ1) is 9.49. The molecule has 0 saturated heterocycles. The monoisotopic (exact) mass is 288 g/mol. The first kappa shape index (κ1) is 14.9. The Morgan fingerprint density at radius 2 is 2.00 bits per heavy atom. The summed E-state index contributed by atoms with van der Waals surface area (Å²) in [5.74, 6) is 0.278. The van der Waals surface area contributed by atoms with Crippen LogP contribution < -0.4 is 10.1 Å². The molecule has 1 fully saturated rings. The summed E-state index contributed by atoms with van der Waals surface area (Å²) in [6.45, 7) is 2.52. The molecule has 20 heavy (non-hydrogen) atoms. The Bertz CT molecular complexity index is 443. The van der Waals surface area contributed by atoms with E-state index in [1.165, 1.54) is 0 Å². The quantitative estimate of drug-likeness (QED) is 0.879. The van der Waals surface area contributed by atoms with Crippen molar-refractivity contribution >= 4 is 5.82 Å². The molecule has 0 spiro atoms. The third kappa shape index (κ3) is 4.02. The smallest absolute Gasteiger partial charge is 0.416 e. The van der Waals surface area contributed by atoms with Gasteiger partial charge in [-0.1, -0.05) is 6.92 Å². The molecule has 112 valence electrons. The summed E-state index contributed by atoms with van der Waals surface area (Å²) in [4.78, 5) is 4.11. The highest BCUT2D eigenvalue weighted by molar-refractivity contribution is 5.42. The van der Waals surface area contributed by atoms with E-state index in [2.05, 4.69) is 10.3 Å². The standard InChI is InChI=1S/C14H19F3N2O/c1-2-7-18-12-8-10(14(15,16)17)9-13(19-12)20-11-5-3-4-6-11/h8-9,11H,2-7H2,1H3,(H,18,19). The van der Waals surface area contributed by atoms with Gasteiger partial charge in [-0.3, -0.25) is 0 Å². The van der Waals surface area contributed by atoms with Crippen molar-refractivity contribution in [1.82, 2.24) is 4.98 Å². The molecule has 0 unspecified atom stereocenters. The predicted octanol–water partition coefficient (Wildman–Crippen LogP) is 4.24. The molecule has 0 bridgehead atoms. The number of anilines is 1. The van der Waals surface area contributed by atoms with Gasteiger partial charge in [-0.25, -0.2) is 0 Å². The van der Waals surface area contributed by atoms with Crippen LogP contribution in [0.2, 0.25) is 0 Å². The largest absolute Gasteiger partial charge is 0.474 e. The number of rotatable bonds is 5. The second-order valence-corrected chi connectivity index (χ2v) is 5.03. The van der Waals surface area contributed by atoms with Crippen LogP contribution in [-0.2, 0) is 6.18 Å². The topological polar surface area (TPSA) is 34.1 Å². The Hall–Kier alpha value is -1.46. The lowest BCUT2D eigenvalue weighted by Crippen LogP contribution is -2.15. The summed E-state index contributed by atoms with van der Waals surface area (Å²) in [6, 6.07) is 2.01. The zero-order valence-electron chi connectivity index (χ0n) is 11.5. The third-order valence-electron chi connectivity index (χ3n) is 3.27. The SMILES string of the molecule is CCCNc1cc(C(F)(F)F)cc(OC2CCCC2)n1. The predicted molar refractivity (Wildman–Crippen MR) is 70.9 cm³/mol. The molecule has 0 amide bonds. The van der Waals surface area contributed by atoms with Gasteiger partial charge in [0.25, 0.3) is 0 Å². The van der Waals surface area contributed by atoms with Crippen molar-refractivity contribution in [1.29, 1.82) is 0 Å². The first-order valence-corrected chi connectivity index (χ1v) is 6.99. The fraction of sp³-hybridized carbons (Fsp3) is 0.643. The minimum atomic E-state index is -4.39. The lowest BCUT2D eigenvalue weighted by Gasteiger charge is -2.16. The molecule has 6 heteroatoms. The van der Waals surface area contributed by atoms with E-state index in [9.17, 15) is 13.2 Å². The minimum absolute atomic E-state index is 0.00925. The molecule has 2 rings (SSSR count). The van der Waals surface area contributed by atoms with E-state index in [1.807, 2.05) is 6.92 Å².